The summed E-state index contributed by atoms with van der Waals surface area (Å²) in [5.41, 5.74) is 1.06. The smallest absolute Gasteiger partial charge is 0.182 e. The first kappa shape index (κ1) is 6.67. The molecule has 2 rings (SSSR count). The second kappa shape index (κ2) is 2.23. The predicted molar refractivity (Wildman–Crippen MR) is 43.4 cm³/mol. The van der Waals surface area contributed by atoms with Crippen LogP contribution in [0.4, 0.5) is 0 Å². The van der Waals surface area contributed by atoms with E-state index < -0.39 is 0 Å². The minimum Gasteiger partial charge on any atom is -0.506 e. The number of benzene rings is 1. The van der Waals surface area contributed by atoms with Gasteiger partial charge in [0.15, 0.2) is 17.5 Å². The maximum Gasteiger partial charge on any atom is 0.182 e. The lowest BCUT2D eigenvalue weighted by Crippen LogP contribution is -1.70. The van der Waals surface area contributed by atoms with Crippen molar-refractivity contribution in [1.29, 1.82) is 0 Å². The molecule has 0 atom stereocenters. The van der Waals surface area contributed by atoms with E-state index in [1.54, 1.807) is 12.1 Å². The number of hydrogen-bond acceptors (Lipinski definition) is 3. The molecule has 0 saturated carbocycles. The third kappa shape index (κ3) is 0.903. The zero-order chi connectivity index (χ0) is 7.84. The van der Waals surface area contributed by atoms with E-state index in [4.69, 9.17) is 4.42 Å². The van der Waals surface area contributed by atoms with Crippen molar-refractivity contribution in [3.8, 4) is 5.75 Å². The maximum atomic E-state index is 9.24. The van der Waals surface area contributed by atoms with Crippen LogP contribution in [0.1, 0.15) is 0 Å². The summed E-state index contributed by atoms with van der Waals surface area (Å²) in [5, 5.41) is 9.24. The van der Waals surface area contributed by atoms with Gasteiger partial charge in [0.1, 0.15) is 5.75 Å². The monoisotopic (exact) mass is 213 g/mol. The molecule has 0 aliphatic rings. The summed E-state index contributed by atoms with van der Waals surface area (Å²) < 4.78 is 5.81. The predicted octanol–water partition coefficient (Wildman–Crippen LogP) is 2.30. The molecule has 0 amide bonds. The van der Waals surface area contributed by atoms with Crippen LogP contribution >= 0.6 is 15.9 Å². The lowest BCUT2D eigenvalue weighted by molar-refractivity contribution is 0.480. The number of aromatic hydroxyl groups is 1. The van der Waals surface area contributed by atoms with Gasteiger partial charge < -0.3 is 9.52 Å². The Kier molecular flexibility index (Phi) is 1.35. The van der Waals surface area contributed by atoms with Crippen LogP contribution in [0.3, 0.4) is 0 Å². The minimum atomic E-state index is 0.136. The van der Waals surface area contributed by atoms with Gasteiger partial charge in [0.2, 0.25) is 0 Å². The quantitative estimate of drug-likeness (QED) is 0.731. The van der Waals surface area contributed by atoms with Crippen LogP contribution < -0.4 is 0 Å². The number of rotatable bonds is 0. The highest BCUT2D eigenvalue weighted by Crippen LogP contribution is 2.29. The summed E-state index contributed by atoms with van der Waals surface area (Å²) in [4.78, 5) is 3.83. The summed E-state index contributed by atoms with van der Waals surface area (Å²) in [7, 11) is 0. The molecule has 3 nitrogen and oxygen atoms in total. The minimum absolute atomic E-state index is 0.136. The van der Waals surface area contributed by atoms with E-state index in [0.29, 0.717) is 11.1 Å². The van der Waals surface area contributed by atoms with Crippen LogP contribution in [0.2, 0.25) is 0 Å². The van der Waals surface area contributed by atoms with Gasteiger partial charge in [0, 0.05) is 0 Å². The van der Waals surface area contributed by atoms with Crippen molar-refractivity contribution in [3.05, 3.63) is 23.0 Å². The average molecular weight is 214 g/mol. The standard InChI is InChI=1S/C7H4BrNO2/c8-4-1-2-5(10)6-7(4)11-3-9-6/h1-3,10H. The second-order valence-electron chi connectivity index (χ2n) is 2.10. The number of fused-ring (bicyclic) bond motifs is 1. The Balaban J connectivity index is 2.96. The lowest BCUT2D eigenvalue weighted by Gasteiger charge is -1.92. The highest BCUT2D eigenvalue weighted by molar-refractivity contribution is 9.10. The van der Waals surface area contributed by atoms with E-state index in [1.165, 1.54) is 6.39 Å². The van der Waals surface area contributed by atoms with Gasteiger partial charge in [0.05, 0.1) is 4.47 Å². The van der Waals surface area contributed by atoms with Crippen LogP contribution in [0.25, 0.3) is 11.1 Å². The first-order valence-electron chi connectivity index (χ1n) is 2.99. The summed E-state index contributed by atoms with van der Waals surface area (Å²) >= 11 is 3.27. The SMILES string of the molecule is Oc1ccc(Br)c2ocnc12. The van der Waals surface area contributed by atoms with Crippen molar-refractivity contribution in [2.75, 3.05) is 0 Å². The van der Waals surface area contributed by atoms with Crippen LogP contribution in [-0.2, 0) is 0 Å². The Hall–Kier alpha value is -1.03. The van der Waals surface area contributed by atoms with Crippen molar-refractivity contribution in [3.63, 3.8) is 0 Å². The molecule has 0 aliphatic heterocycles. The van der Waals surface area contributed by atoms with Gasteiger partial charge in [-0.25, -0.2) is 4.98 Å². The second-order valence-corrected chi connectivity index (χ2v) is 2.95. The van der Waals surface area contributed by atoms with Gasteiger partial charge in [-0.2, -0.15) is 0 Å². The van der Waals surface area contributed by atoms with Crippen LogP contribution in [0.15, 0.2) is 27.4 Å². The third-order valence-electron chi connectivity index (χ3n) is 1.41. The molecule has 0 saturated heterocycles. The van der Waals surface area contributed by atoms with E-state index in [2.05, 4.69) is 20.9 Å². The summed E-state index contributed by atoms with van der Waals surface area (Å²) in [6.07, 6.45) is 1.30. The fraction of sp³-hybridized carbons (Fsp3) is 0. The third-order valence-corrected chi connectivity index (χ3v) is 2.04. The Labute approximate surface area is 70.8 Å². The van der Waals surface area contributed by atoms with Crippen LogP contribution in [-0.4, -0.2) is 10.1 Å². The number of nitrogens with zero attached hydrogens (tertiary/aromatic N) is 1. The number of phenols is 1. The number of aromatic nitrogens is 1. The summed E-state index contributed by atoms with van der Waals surface area (Å²) in [6, 6.07) is 3.28. The van der Waals surface area contributed by atoms with E-state index in [0.717, 1.165) is 4.47 Å². The molecule has 2 aromatic rings. The molecule has 0 fully saturated rings. The number of hydrogen-bond donors (Lipinski definition) is 1. The number of phenolic OH excluding ortho intramolecular Hbond substituents is 1. The molecule has 0 spiro atoms. The molecule has 1 aromatic carbocycles. The van der Waals surface area contributed by atoms with Crippen molar-refractivity contribution in [2.45, 2.75) is 0 Å². The van der Waals surface area contributed by atoms with E-state index in [1.807, 2.05) is 0 Å². The molecule has 0 unspecified atom stereocenters. The van der Waals surface area contributed by atoms with Gasteiger partial charge in [0.25, 0.3) is 0 Å². The zero-order valence-corrected chi connectivity index (χ0v) is 7.00. The molecular weight excluding hydrogens is 210 g/mol. The highest BCUT2D eigenvalue weighted by atomic mass is 79.9. The number of halogens is 1. The van der Waals surface area contributed by atoms with Crippen molar-refractivity contribution >= 4 is 27.0 Å². The largest absolute Gasteiger partial charge is 0.506 e. The van der Waals surface area contributed by atoms with Gasteiger partial charge in [-0.05, 0) is 28.1 Å². The fourth-order valence-corrected chi connectivity index (χ4v) is 1.32. The Morgan fingerprint density at radius 1 is 1.45 bits per heavy atom. The van der Waals surface area contributed by atoms with Gasteiger partial charge in [-0.15, -0.1) is 0 Å². The zero-order valence-electron chi connectivity index (χ0n) is 5.41. The first-order chi connectivity index (χ1) is 5.29. The number of oxazole rings is 1. The molecule has 56 valence electrons. The molecule has 0 bridgehead atoms. The molecule has 0 radical (unpaired) electrons. The van der Waals surface area contributed by atoms with Crippen molar-refractivity contribution in [1.82, 2.24) is 4.98 Å². The topological polar surface area (TPSA) is 46.3 Å². The Morgan fingerprint density at radius 2 is 2.27 bits per heavy atom. The van der Waals surface area contributed by atoms with E-state index in [-0.39, 0.29) is 5.75 Å². The molecule has 1 N–H and O–H groups in total. The first-order valence-corrected chi connectivity index (χ1v) is 3.79. The highest BCUT2D eigenvalue weighted by Gasteiger charge is 2.06. The van der Waals surface area contributed by atoms with Crippen LogP contribution in [0.5, 0.6) is 5.75 Å². The lowest BCUT2D eigenvalue weighted by atomic mass is 10.3. The average Bonchev–Trinajstić information content (AvgIpc) is 2.45. The fourth-order valence-electron chi connectivity index (χ4n) is 0.905. The van der Waals surface area contributed by atoms with Crippen molar-refractivity contribution < 1.29 is 9.52 Å². The molecular formula is C7H4BrNO2. The normalized spacial score (nSPS) is 10.6. The molecule has 1 aromatic heterocycles. The molecule has 4 heteroatoms. The maximum absolute atomic E-state index is 9.24. The Morgan fingerprint density at radius 3 is 3.00 bits per heavy atom. The Bertz CT molecular complexity index is 360. The van der Waals surface area contributed by atoms with E-state index in [9.17, 15) is 5.11 Å². The molecule has 11 heavy (non-hydrogen) atoms. The van der Waals surface area contributed by atoms with Gasteiger partial charge in [-0.1, -0.05) is 0 Å². The molecule has 1 heterocycles. The van der Waals surface area contributed by atoms with E-state index >= 15 is 0 Å². The summed E-state index contributed by atoms with van der Waals surface area (Å²) in [5.74, 6) is 0.136. The van der Waals surface area contributed by atoms with Crippen LogP contribution in [0, 0.1) is 0 Å². The summed E-state index contributed by atoms with van der Waals surface area (Å²) in [6.45, 7) is 0. The van der Waals surface area contributed by atoms with Gasteiger partial charge in [-0.3, -0.25) is 0 Å². The van der Waals surface area contributed by atoms with Crippen molar-refractivity contribution in [2.24, 2.45) is 0 Å². The molecule has 0 aliphatic carbocycles. The van der Waals surface area contributed by atoms with Gasteiger partial charge >= 0.3 is 0 Å².